The zero-order valence-electron chi connectivity index (χ0n) is 11.5. The number of fused-ring (bicyclic) bond motifs is 1. The average molecular weight is 386 g/mol. The Morgan fingerprint density at radius 1 is 1.43 bits per heavy atom. The number of halogens is 2. The zero-order chi connectivity index (χ0) is 14.8. The second kappa shape index (κ2) is 6.38. The van der Waals surface area contributed by atoms with Crippen molar-refractivity contribution in [3.8, 4) is 0 Å². The van der Waals surface area contributed by atoms with E-state index in [4.69, 9.17) is 16.4 Å². The summed E-state index contributed by atoms with van der Waals surface area (Å²) in [6.07, 6.45) is 1.03. The molecule has 21 heavy (non-hydrogen) atoms. The first-order valence-corrected chi connectivity index (χ1v) is 8.61. The predicted octanol–water partition coefficient (Wildman–Crippen LogP) is 4.53. The van der Waals surface area contributed by atoms with Crippen molar-refractivity contribution in [1.29, 1.82) is 0 Å². The molecule has 3 nitrogen and oxygen atoms in total. The van der Waals surface area contributed by atoms with Crippen LogP contribution < -0.4 is 0 Å². The van der Waals surface area contributed by atoms with Crippen molar-refractivity contribution in [2.45, 2.75) is 13.0 Å². The molecule has 0 saturated carbocycles. The molecule has 1 aliphatic heterocycles. The third kappa shape index (κ3) is 3.10. The maximum Gasteiger partial charge on any atom is 0.177 e. The van der Waals surface area contributed by atoms with E-state index >= 15 is 0 Å². The van der Waals surface area contributed by atoms with Gasteiger partial charge in [0.05, 0.1) is 5.02 Å². The smallest absolute Gasteiger partial charge is 0.177 e. The molecule has 0 unspecified atom stereocenters. The molecular formula is C15H14BrClN2OS. The van der Waals surface area contributed by atoms with E-state index in [2.05, 4.69) is 37.4 Å². The van der Waals surface area contributed by atoms with Gasteiger partial charge in [0, 0.05) is 28.0 Å². The molecule has 0 saturated heterocycles. The van der Waals surface area contributed by atoms with Crippen LogP contribution in [-0.4, -0.2) is 24.4 Å². The molecule has 0 aliphatic carbocycles. The van der Waals surface area contributed by atoms with Crippen molar-refractivity contribution in [3.63, 3.8) is 0 Å². The molecule has 6 heteroatoms. The first-order chi connectivity index (χ1) is 10.2. The lowest BCUT2D eigenvalue weighted by Crippen LogP contribution is -2.36. The van der Waals surface area contributed by atoms with E-state index in [0.29, 0.717) is 5.02 Å². The van der Waals surface area contributed by atoms with Gasteiger partial charge in [0.1, 0.15) is 7.11 Å². The van der Waals surface area contributed by atoms with Crippen LogP contribution in [0, 0.1) is 0 Å². The van der Waals surface area contributed by atoms with Crippen molar-refractivity contribution < 1.29 is 4.84 Å². The Bertz CT molecular complexity index is 686. The quantitative estimate of drug-likeness (QED) is 0.431. The number of hydrogen-bond donors (Lipinski definition) is 0. The molecule has 1 aromatic carbocycles. The summed E-state index contributed by atoms with van der Waals surface area (Å²) in [4.78, 5) is 8.72. The molecule has 0 spiro atoms. The minimum atomic E-state index is 0.663. The molecular weight excluding hydrogens is 372 g/mol. The Kier molecular flexibility index (Phi) is 4.52. The molecule has 0 fully saturated rings. The fourth-order valence-electron chi connectivity index (χ4n) is 2.46. The summed E-state index contributed by atoms with van der Waals surface area (Å²) in [6, 6.07) is 7.99. The van der Waals surface area contributed by atoms with Gasteiger partial charge >= 0.3 is 0 Å². The lowest BCUT2D eigenvalue weighted by atomic mass is 10.1. The molecule has 0 radical (unpaired) electrons. The fourth-order valence-corrected chi connectivity index (χ4v) is 4.11. The summed E-state index contributed by atoms with van der Waals surface area (Å²) in [5, 5.41) is 7.02. The lowest BCUT2D eigenvalue weighted by Gasteiger charge is -2.29. The van der Waals surface area contributed by atoms with Crippen LogP contribution in [0.1, 0.15) is 16.0 Å². The summed E-state index contributed by atoms with van der Waals surface area (Å²) in [6.45, 7) is 1.76. The molecule has 0 N–H and O–H groups in total. The van der Waals surface area contributed by atoms with Crippen LogP contribution in [0.25, 0.3) is 0 Å². The minimum absolute atomic E-state index is 0.663. The van der Waals surface area contributed by atoms with Crippen molar-refractivity contribution in [2.24, 2.45) is 5.16 Å². The molecule has 1 aliphatic rings. The third-order valence-electron chi connectivity index (χ3n) is 3.46. The Labute approximate surface area is 141 Å². The van der Waals surface area contributed by atoms with Crippen molar-refractivity contribution in [1.82, 2.24) is 4.90 Å². The largest absolute Gasteiger partial charge is 0.397 e. The van der Waals surface area contributed by atoms with Crippen LogP contribution in [0.5, 0.6) is 0 Å². The van der Waals surface area contributed by atoms with Crippen molar-refractivity contribution >= 4 is 44.7 Å². The summed E-state index contributed by atoms with van der Waals surface area (Å²) in [7, 11) is 1.56. The summed E-state index contributed by atoms with van der Waals surface area (Å²) >= 11 is 11.6. The van der Waals surface area contributed by atoms with E-state index in [0.717, 1.165) is 35.4 Å². The molecule has 0 atom stereocenters. The number of hydrogen-bond acceptors (Lipinski definition) is 3. The van der Waals surface area contributed by atoms with Gasteiger partial charge in [0.15, 0.2) is 5.84 Å². The molecule has 110 valence electrons. The molecule has 3 rings (SSSR count). The fraction of sp³-hybridized carbons (Fsp3) is 0.267. The first-order valence-electron chi connectivity index (χ1n) is 6.56. The summed E-state index contributed by atoms with van der Waals surface area (Å²) in [5.74, 6) is 0.784. The summed E-state index contributed by atoms with van der Waals surface area (Å²) < 4.78 is 0.951. The van der Waals surface area contributed by atoms with Crippen LogP contribution in [0.3, 0.4) is 0 Å². The van der Waals surface area contributed by atoms with Crippen LogP contribution in [-0.2, 0) is 17.8 Å². The summed E-state index contributed by atoms with van der Waals surface area (Å²) in [5.41, 5.74) is 2.25. The number of nitrogens with zero attached hydrogens (tertiary/aromatic N) is 2. The van der Waals surface area contributed by atoms with Gasteiger partial charge < -0.3 is 9.74 Å². The van der Waals surface area contributed by atoms with Gasteiger partial charge in [-0.1, -0.05) is 32.7 Å². The Morgan fingerprint density at radius 2 is 2.29 bits per heavy atom. The second-order valence-corrected chi connectivity index (χ2v) is 7.09. The number of thiophene rings is 1. The SMILES string of the molecule is CO/N=C(/c1ccc(Br)cc1Cl)N1CCc2sccc2C1. The van der Waals surface area contributed by atoms with Gasteiger partial charge in [-0.05, 0) is 41.6 Å². The van der Waals surface area contributed by atoms with Crippen LogP contribution >= 0.6 is 38.9 Å². The van der Waals surface area contributed by atoms with Gasteiger partial charge in [0.25, 0.3) is 0 Å². The number of benzene rings is 1. The Hall–Kier alpha value is -1.04. The third-order valence-corrected chi connectivity index (χ3v) is 5.29. The molecule has 2 heterocycles. The van der Waals surface area contributed by atoms with E-state index in [-0.39, 0.29) is 0 Å². The van der Waals surface area contributed by atoms with E-state index < -0.39 is 0 Å². The van der Waals surface area contributed by atoms with Gasteiger partial charge in [-0.25, -0.2) is 0 Å². The first kappa shape index (κ1) is 14.9. The lowest BCUT2D eigenvalue weighted by molar-refractivity contribution is 0.204. The number of oxime groups is 1. The van der Waals surface area contributed by atoms with Gasteiger partial charge in [-0.15, -0.1) is 11.3 Å². The van der Waals surface area contributed by atoms with Crippen molar-refractivity contribution in [3.05, 3.63) is 55.1 Å². The standard InChI is InChI=1S/C15H14BrClN2OS/c1-20-18-15(12-3-2-11(16)8-13(12)17)19-6-4-14-10(9-19)5-7-21-14/h2-3,5,7-8H,4,6,9H2,1H3/b18-15-. The van der Waals surface area contributed by atoms with Gasteiger partial charge in [-0.2, -0.15) is 0 Å². The number of amidine groups is 1. The van der Waals surface area contributed by atoms with Crippen LogP contribution in [0.4, 0.5) is 0 Å². The Balaban J connectivity index is 1.94. The highest BCUT2D eigenvalue weighted by molar-refractivity contribution is 9.10. The maximum atomic E-state index is 6.37. The van der Waals surface area contributed by atoms with Crippen molar-refractivity contribution in [2.75, 3.05) is 13.7 Å². The normalized spacial score (nSPS) is 15.0. The maximum absolute atomic E-state index is 6.37. The van der Waals surface area contributed by atoms with E-state index in [1.807, 2.05) is 29.5 Å². The average Bonchev–Trinajstić information content (AvgIpc) is 2.93. The Morgan fingerprint density at radius 3 is 3.05 bits per heavy atom. The zero-order valence-corrected chi connectivity index (χ0v) is 14.6. The second-order valence-electron chi connectivity index (χ2n) is 4.76. The minimum Gasteiger partial charge on any atom is -0.397 e. The molecule has 0 amide bonds. The topological polar surface area (TPSA) is 24.8 Å². The highest BCUT2D eigenvalue weighted by atomic mass is 79.9. The van der Waals surface area contributed by atoms with E-state index in [1.54, 1.807) is 7.11 Å². The van der Waals surface area contributed by atoms with Gasteiger partial charge in [-0.3, -0.25) is 0 Å². The highest BCUT2D eigenvalue weighted by Crippen LogP contribution is 2.28. The van der Waals surface area contributed by atoms with E-state index in [1.165, 1.54) is 10.4 Å². The van der Waals surface area contributed by atoms with Crippen LogP contribution in [0.15, 0.2) is 39.3 Å². The molecule has 2 aromatic rings. The van der Waals surface area contributed by atoms with E-state index in [9.17, 15) is 0 Å². The molecule has 1 aromatic heterocycles. The highest BCUT2D eigenvalue weighted by Gasteiger charge is 2.23. The molecule has 0 bridgehead atoms. The van der Waals surface area contributed by atoms with Crippen LogP contribution in [0.2, 0.25) is 5.02 Å². The predicted molar refractivity (Wildman–Crippen MR) is 91.1 cm³/mol. The number of rotatable bonds is 2. The van der Waals surface area contributed by atoms with Gasteiger partial charge in [0.2, 0.25) is 0 Å². The monoisotopic (exact) mass is 384 g/mol.